The predicted octanol–water partition coefficient (Wildman–Crippen LogP) is 1.29. The van der Waals surface area contributed by atoms with Crippen LogP contribution in [0.15, 0.2) is 6.07 Å². The van der Waals surface area contributed by atoms with Gasteiger partial charge in [-0.1, -0.05) is 18.0 Å². The van der Waals surface area contributed by atoms with E-state index in [2.05, 4.69) is 15.3 Å². The molecule has 1 heterocycles. The van der Waals surface area contributed by atoms with Crippen molar-refractivity contribution in [3.8, 4) is 0 Å². The van der Waals surface area contributed by atoms with Gasteiger partial charge in [-0.05, 0) is 12.8 Å². The van der Waals surface area contributed by atoms with E-state index < -0.39 is 0 Å². The lowest BCUT2D eigenvalue weighted by Crippen LogP contribution is -2.26. The molecule has 2 rings (SSSR count). The number of nitrogens with two attached hydrogens (primary N) is 1. The molecule has 0 radical (unpaired) electrons. The Hall–Kier alpha value is -1.07. The van der Waals surface area contributed by atoms with Crippen molar-refractivity contribution in [2.24, 2.45) is 5.92 Å². The molecule has 1 aromatic heterocycles. The molecule has 1 saturated carbocycles. The zero-order valence-electron chi connectivity index (χ0n) is 8.86. The van der Waals surface area contributed by atoms with Crippen LogP contribution in [-0.4, -0.2) is 27.7 Å². The molecule has 2 unspecified atom stereocenters. The van der Waals surface area contributed by atoms with Gasteiger partial charge in [-0.2, -0.15) is 4.98 Å². The number of anilines is 2. The summed E-state index contributed by atoms with van der Waals surface area (Å²) in [6.07, 6.45) is 3.20. The maximum atomic E-state index is 9.20. The van der Waals surface area contributed by atoms with Gasteiger partial charge >= 0.3 is 0 Å². The van der Waals surface area contributed by atoms with Crippen LogP contribution in [0, 0.1) is 5.92 Å². The summed E-state index contributed by atoms with van der Waals surface area (Å²) in [6.45, 7) is 0.200. The van der Waals surface area contributed by atoms with Crippen molar-refractivity contribution < 1.29 is 5.11 Å². The number of nitrogens with one attached hydrogen (secondary N) is 1. The third kappa shape index (κ3) is 2.54. The molecule has 88 valence electrons. The van der Waals surface area contributed by atoms with Crippen LogP contribution in [-0.2, 0) is 0 Å². The molecular formula is C10H15ClN4O. The number of hydrogen-bond donors (Lipinski definition) is 3. The van der Waals surface area contributed by atoms with Gasteiger partial charge in [-0.15, -0.1) is 0 Å². The molecule has 1 aliphatic carbocycles. The fourth-order valence-electron chi connectivity index (χ4n) is 2.14. The van der Waals surface area contributed by atoms with Gasteiger partial charge in [0.15, 0.2) is 0 Å². The maximum Gasteiger partial charge on any atom is 0.223 e. The van der Waals surface area contributed by atoms with Crippen molar-refractivity contribution in [1.29, 1.82) is 0 Å². The van der Waals surface area contributed by atoms with E-state index in [0.717, 1.165) is 19.3 Å². The van der Waals surface area contributed by atoms with Crippen LogP contribution in [0.5, 0.6) is 0 Å². The number of hydrogen-bond acceptors (Lipinski definition) is 5. The van der Waals surface area contributed by atoms with E-state index in [0.29, 0.717) is 11.0 Å². The molecule has 4 N–H and O–H groups in total. The zero-order valence-corrected chi connectivity index (χ0v) is 9.61. The normalized spacial score (nSPS) is 24.6. The van der Waals surface area contributed by atoms with Gasteiger partial charge in [0.25, 0.3) is 0 Å². The van der Waals surface area contributed by atoms with Crippen LogP contribution < -0.4 is 11.1 Å². The summed E-state index contributed by atoms with van der Waals surface area (Å²) in [6, 6.07) is 1.89. The first-order valence-corrected chi connectivity index (χ1v) is 5.74. The third-order valence-corrected chi connectivity index (χ3v) is 3.13. The smallest absolute Gasteiger partial charge is 0.223 e. The molecule has 0 amide bonds. The van der Waals surface area contributed by atoms with Crippen molar-refractivity contribution in [3.05, 3.63) is 11.2 Å². The Morgan fingerprint density at radius 1 is 1.50 bits per heavy atom. The minimum Gasteiger partial charge on any atom is -0.396 e. The molecule has 0 aromatic carbocycles. The number of nitrogen functional groups attached to an aromatic ring is 1. The molecule has 1 aromatic rings. The van der Waals surface area contributed by atoms with Gasteiger partial charge in [-0.25, -0.2) is 4.98 Å². The Morgan fingerprint density at radius 3 is 3.00 bits per heavy atom. The number of halogens is 1. The van der Waals surface area contributed by atoms with Gasteiger partial charge in [-0.3, -0.25) is 0 Å². The van der Waals surface area contributed by atoms with E-state index in [1.807, 2.05) is 0 Å². The standard InChI is InChI=1S/C10H15ClN4O/c11-8-4-9(15-10(12)14-8)13-7-3-1-2-6(7)5-16/h4,6-7,16H,1-3,5H2,(H3,12,13,14,15). The highest BCUT2D eigenvalue weighted by atomic mass is 35.5. The van der Waals surface area contributed by atoms with E-state index in [4.69, 9.17) is 17.3 Å². The number of aromatic nitrogens is 2. The second-order valence-corrected chi connectivity index (χ2v) is 4.45. The quantitative estimate of drug-likeness (QED) is 0.696. The number of aliphatic hydroxyl groups excluding tert-OH is 1. The van der Waals surface area contributed by atoms with Crippen molar-refractivity contribution in [1.82, 2.24) is 9.97 Å². The molecule has 0 bridgehead atoms. The first-order chi connectivity index (χ1) is 7.69. The second-order valence-electron chi connectivity index (χ2n) is 4.06. The van der Waals surface area contributed by atoms with Crippen LogP contribution >= 0.6 is 11.6 Å². The Bertz CT molecular complexity index is 354. The fraction of sp³-hybridized carbons (Fsp3) is 0.600. The summed E-state index contributed by atoms with van der Waals surface area (Å²) in [5.74, 6) is 1.08. The van der Waals surface area contributed by atoms with E-state index >= 15 is 0 Å². The van der Waals surface area contributed by atoms with Crippen LogP contribution in [0.3, 0.4) is 0 Å². The Kier molecular flexibility index (Phi) is 3.46. The summed E-state index contributed by atoms with van der Waals surface area (Å²) in [7, 11) is 0. The predicted molar refractivity (Wildman–Crippen MR) is 63.3 cm³/mol. The largest absolute Gasteiger partial charge is 0.396 e. The van der Waals surface area contributed by atoms with Crippen LogP contribution in [0.4, 0.5) is 11.8 Å². The van der Waals surface area contributed by atoms with Gasteiger partial charge in [0, 0.05) is 24.6 Å². The number of nitrogens with zero attached hydrogens (tertiary/aromatic N) is 2. The Morgan fingerprint density at radius 2 is 2.31 bits per heavy atom. The van der Waals surface area contributed by atoms with E-state index in [-0.39, 0.29) is 24.5 Å². The average molecular weight is 243 g/mol. The molecule has 0 spiro atoms. The lowest BCUT2D eigenvalue weighted by Gasteiger charge is -2.19. The molecular weight excluding hydrogens is 228 g/mol. The van der Waals surface area contributed by atoms with Gasteiger partial charge in [0.05, 0.1) is 0 Å². The second kappa shape index (κ2) is 4.84. The maximum absolute atomic E-state index is 9.20. The van der Waals surface area contributed by atoms with E-state index in [1.165, 1.54) is 0 Å². The molecule has 0 saturated heterocycles. The Balaban J connectivity index is 2.08. The molecule has 16 heavy (non-hydrogen) atoms. The summed E-state index contributed by atoms with van der Waals surface area (Å²) in [4.78, 5) is 7.85. The number of rotatable bonds is 3. The molecule has 2 atom stereocenters. The molecule has 6 heteroatoms. The average Bonchev–Trinajstić information content (AvgIpc) is 2.63. The molecule has 1 fully saturated rings. The van der Waals surface area contributed by atoms with Gasteiger partial charge in [0.2, 0.25) is 5.95 Å². The minimum atomic E-state index is 0.161. The summed E-state index contributed by atoms with van der Waals surface area (Å²) < 4.78 is 0. The third-order valence-electron chi connectivity index (χ3n) is 2.94. The molecule has 5 nitrogen and oxygen atoms in total. The van der Waals surface area contributed by atoms with Crippen molar-refractivity contribution in [2.75, 3.05) is 17.7 Å². The topological polar surface area (TPSA) is 84.1 Å². The summed E-state index contributed by atoms with van der Waals surface area (Å²) in [5.41, 5.74) is 5.50. The molecule has 0 aliphatic heterocycles. The highest BCUT2D eigenvalue weighted by Crippen LogP contribution is 2.28. The van der Waals surface area contributed by atoms with Crippen molar-refractivity contribution in [3.63, 3.8) is 0 Å². The highest BCUT2D eigenvalue weighted by molar-refractivity contribution is 6.29. The van der Waals surface area contributed by atoms with E-state index in [9.17, 15) is 5.11 Å². The summed E-state index contributed by atoms with van der Waals surface area (Å²) in [5, 5.41) is 12.8. The van der Waals surface area contributed by atoms with Crippen molar-refractivity contribution in [2.45, 2.75) is 25.3 Å². The lowest BCUT2D eigenvalue weighted by atomic mass is 10.1. The van der Waals surface area contributed by atoms with Gasteiger partial charge < -0.3 is 16.2 Å². The van der Waals surface area contributed by atoms with Crippen molar-refractivity contribution >= 4 is 23.4 Å². The van der Waals surface area contributed by atoms with Crippen LogP contribution in [0.25, 0.3) is 0 Å². The Labute approximate surface area is 99.0 Å². The van der Waals surface area contributed by atoms with Crippen LogP contribution in [0.2, 0.25) is 5.15 Å². The zero-order chi connectivity index (χ0) is 11.5. The lowest BCUT2D eigenvalue weighted by molar-refractivity contribution is 0.222. The van der Waals surface area contributed by atoms with Gasteiger partial charge in [0.1, 0.15) is 11.0 Å². The fourth-order valence-corrected chi connectivity index (χ4v) is 2.33. The SMILES string of the molecule is Nc1nc(Cl)cc(NC2CCCC2CO)n1. The molecule has 1 aliphatic rings. The number of aliphatic hydroxyl groups is 1. The highest BCUT2D eigenvalue weighted by Gasteiger charge is 2.26. The first kappa shape index (κ1) is 11.4. The minimum absolute atomic E-state index is 0.161. The summed E-state index contributed by atoms with van der Waals surface area (Å²) >= 11 is 5.79. The van der Waals surface area contributed by atoms with Crippen LogP contribution in [0.1, 0.15) is 19.3 Å². The van der Waals surface area contributed by atoms with E-state index in [1.54, 1.807) is 6.07 Å². The first-order valence-electron chi connectivity index (χ1n) is 5.36. The monoisotopic (exact) mass is 242 g/mol.